The number of para-hydroxylation sites is 1. The average molecular weight is 354 g/mol. The Labute approximate surface area is 152 Å². The number of nitrogens with zero attached hydrogens (tertiary/aromatic N) is 1. The molecule has 3 N–H and O–H groups in total. The zero-order valence-corrected chi connectivity index (χ0v) is 15.0. The van der Waals surface area contributed by atoms with E-state index in [-0.39, 0.29) is 24.3 Å². The number of anilines is 2. The highest BCUT2D eigenvalue weighted by molar-refractivity contribution is 6.01. The molecule has 0 heterocycles. The van der Waals surface area contributed by atoms with Gasteiger partial charge in [-0.1, -0.05) is 12.1 Å². The van der Waals surface area contributed by atoms with Gasteiger partial charge in [-0.2, -0.15) is 0 Å². The van der Waals surface area contributed by atoms with Crippen molar-refractivity contribution < 1.29 is 14.4 Å². The van der Waals surface area contributed by atoms with Crippen LogP contribution in [0.3, 0.4) is 0 Å². The van der Waals surface area contributed by atoms with Gasteiger partial charge in [-0.3, -0.25) is 14.4 Å². The van der Waals surface area contributed by atoms with Gasteiger partial charge in [-0.15, -0.1) is 0 Å². The van der Waals surface area contributed by atoms with Crippen molar-refractivity contribution in [3.63, 3.8) is 0 Å². The molecule has 0 aliphatic rings. The Bertz CT molecular complexity index is 801. The molecule has 0 atom stereocenters. The standard InChI is InChI=1S/C19H22N4O3/c1-20-18(25)15-6-4-5-7-16(15)21-12-17(24)22-14-10-8-13(9-11-14)19(26)23(2)3/h4-11,21H,12H2,1-3H3,(H,20,25)(H,22,24). The molecule has 2 aromatic rings. The first-order valence-corrected chi connectivity index (χ1v) is 8.09. The molecule has 0 fully saturated rings. The summed E-state index contributed by atoms with van der Waals surface area (Å²) in [5, 5.41) is 8.26. The van der Waals surface area contributed by atoms with Crippen LogP contribution in [0.4, 0.5) is 11.4 Å². The van der Waals surface area contributed by atoms with Crippen molar-refractivity contribution in [2.75, 3.05) is 38.3 Å². The van der Waals surface area contributed by atoms with Crippen LogP contribution in [0.1, 0.15) is 20.7 Å². The van der Waals surface area contributed by atoms with Gasteiger partial charge in [-0.05, 0) is 36.4 Å². The van der Waals surface area contributed by atoms with Crippen LogP contribution in [0.5, 0.6) is 0 Å². The molecule has 0 saturated carbocycles. The van der Waals surface area contributed by atoms with E-state index in [4.69, 9.17) is 0 Å². The third-order valence-corrected chi connectivity index (χ3v) is 3.66. The average Bonchev–Trinajstić information content (AvgIpc) is 2.66. The second-order valence-electron chi connectivity index (χ2n) is 5.80. The molecule has 26 heavy (non-hydrogen) atoms. The first-order chi connectivity index (χ1) is 12.4. The summed E-state index contributed by atoms with van der Waals surface area (Å²) in [5.41, 5.74) is 2.18. The fraction of sp³-hybridized carbons (Fsp3) is 0.211. The summed E-state index contributed by atoms with van der Waals surface area (Å²) in [6.45, 7) is 0.00634. The predicted octanol–water partition coefficient (Wildman–Crippen LogP) is 1.80. The lowest BCUT2D eigenvalue weighted by molar-refractivity contribution is -0.114. The molecule has 0 aromatic heterocycles. The van der Waals surface area contributed by atoms with E-state index in [2.05, 4.69) is 16.0 Å². The molecule has 0 unspecified atom stereocenters. The maximum atomic E-state index is 12.1. The van der Waals surface area contributed by atoms with E-state index >= 15 is 0 Å². The highest BCUT2D eigenvalue weighted by atomic mass is 16.2. The quantitative estimate of drug-likeness (QED) is 0.738. The number of carbonyl (C=O) groups excluding carboxylic acids is 3. The highest BCUT2D eigenvalue weighted by Crippen LogP contribution is 2.15. The van der Waals surface area contributed by atoms with Crippen LogP contribution in [0.25, 0.3) is 0 Å². The molecule has 7 heteroatoms. The summed E-state index contributed by atoms with van der Waals surface area (Å²) in [6.07, 6.45) is 0. The number of hydrogen-bond acceptors (Lipinski definition) is 4. The molecule has 0 bridgehead atoms. The molecular formula is C19H22N4O3. The highest BCUT2D eigenvalue weighted by Gasteiger charge is 2.11. The van der Waals surface area contributed by atoms with Crippen LogP contribution < -0.4 is 16.0 Å². The van der Waals surface area contributed by atoms with Gasteiger partial charge in [0, 0.05) is 38.1 Å². The van der Waals surface area contributed by atoms with Gasteiger partial charge < -0.3 is 20.9 Å². The Hall–Kier alpha value is -3.35. The van der Waals surface area contributed by atoms with E-state index in [9.17, 15) is 14.4 Å². The van der Waals surface area contributed by atoms with Gasteiger partial charge in [0.2, 0.25) is 5.91 Å². The summed E-state index contributed by atoms with van der Waals surface area (Å²) in [7, 11) is 4.91. The summed E-state index contributed by atoms with van der Waals surface area (Å²) in [4.78, 5) is 37.3. The van der Waals surface area contributed by atoms with Crippen LogP contribution in [0.15, 0.2) is 48.5 Å². The van der Waals surface area contributed by atoms with Gasteiger partial charge in [0.15, 0.2) is 0 Å². The van der Waals surface area contributed by atoms with Crippen LogP contribution in [-0.4, -0.2) is 50.3 Å². The van der Waals surface area contributed by atoms with E-state index in [0.29, 0.717) is 22.5 Å². The number of nitrogens with one attached hydrogen (secondary N) is 3. The lowest BCUT2D eigenvalue weighted by Crippen LogP contribution is -2.24. The van der Waals surface area contributed by atoms with Crippen LogP contribution in [-0.2, 0) is 4.79 Å². The smallest absolute Gasteiger partial charge is 0.253 e. The molecule has 3 amide bonds. The Morgan fingerprint density at radius 3 is 2.23 bits per heavy atom. The van der Waals surface area contributed by atoms with Crippen LogP contribution in [0, 0.1) is 0 Å². The second kappa shape index (κ2) is 8.66. The Morgan fingerprint density at radius 2 is 1.62 bits per heavy atom. The van der Waals surface area contributed by atoms with Crippen molar-refractivity contribution in [2.24, 2.45) is 0 Å². The normalized spacial score (nSPS) is 9.96. The minimum absolute atomic E-state index is 0.00634. The van der Waals surface area contributed by atoms with Crippen molar-refractivity contribution in [3.05, 3.63) is 59.7 Å². The van der Waals surface area contributed by atoms with E-state index in [1.165, 1.54) is 4.90 Å². The number of carbonyl (C=O) groups is 3. The first kappa shape index (κ1) is 19.0. The number of benzene rings is 2. The summed E-state index contributed by atoms with van der Waals surface area (Å²) in [5.74, 6) is -0.589. The van der Waals surface area contributed by atoms with Crippen molar-refractivity contribution in [2.45, 2.75) is 0 Å². The second-order valence-corrected chi connectivity index (χ2v) is 5.80. The van der Waals surface area contributed by atoms with E-state index < -0.39 is 0 Å². The van der Waals surface area contributed by atoms with Gasteiger partial charge in [0.1, 0.15) is 0 Å². The maximum Gasteiger partial charge on any atom is 0.253 e. The largest absolute Gasteiger partial charge is 0.376 e. The molecule has 136 valence electrons. The molecule has 7 nitrogen and oxygen atoms in total. The topological polar surface area (TPSA) is 90.5 Å². The van der Waals surface area contributed by atoms with E-state index in [1.807, 2.05) is 0 Å². The van der Waals surface area contributed by atoms with Gasteiger partial charge in [0.05, 0.1) is 12.1 Å². The van der Waals surface area contributed by atoms with E-state index in [0.717, 1.165) is 0 Å². The number of rotatable bonds is 6. The predicted molar refractivity (Wildman–Crippen MR) is 101 cm³/mol. The van der Waals surface area contributed by atoms with Crippen molar-refractivity contribution in [1.29, 1.82) is 0 Å². The zero-order valence-electron chi connectivity index (χ0n) is 15.0. The maximum absolute atomic E-state index is 12.1. The third kappa shape index (κ3) is 4.83. The summed E-state index contributed by atoms with van der Waals surface area (Å²) < 4.78 is 0. The monoisotopic (exact) mass is 354 g/mol. The number of amides is 3. The summed E-state index contributed by atoms with van der Waals surface area (Å²) in [6, 6.07) is 13.6. The molecule has 2 rings (SSSR count). The minimum atomic E-state index is -0.261. The summed E-state index contributed by atoms with van der Waals surface area (Å²) >= 11 is 0. The third-order valence-electron chi connectivity index (χ3n) is 3.66. The van der Waals surface area contributed by atoms with Crippen molar-refractivity contribution in [1.82, 2.24) is 10.2 Å². The Balaban J connectivity index is 1.96. The van der Waals surface area contributed by atoms with Gasteiger partial charge in [0.25, 0.3) is 11.8 Å². The van der Waals surface area contributed by atoms with Crippen LogP contribution in [0.2, 0.25) is 0 Å². The number of hydrogen-bond donors (Lipinski definition) is 3. The molecule has 0 aliphatic heterocycles. The van der Waals surface area contributed by atoms with Gasteiger partial charge >= 0.3 is 0 Å². The van der Waals surface area contributed by atoms with E-state index in [1.54, 1.807) is 69.7 Å². The van der Waals surface area contributed by atoms with Crippen LogP contribution >= 0.6 is 0 Å². The van der Waals surface area contributed by atoms with Crippen molar-refractivity contribution in [3.8, 4) is 0 Å². The lowest BCUT2D eigenvalue weighted by Gasteiger charge is -2.12. The molecule has 0 saturated heterocycles. The molecule has 0 aliphatic carbocycles. The first-order valence-electron chi connectivity index (χ1n) is 8.09. The molecule has 0 spiro atoms. The Kier molecular flexibility index (Phi) is 6.32. The molecule has 2 aromatic carbocycles. The van der Waals surface area contributed by atoms with Gasteiger partial charge in [-0.25, -0.2) is 0 Å². The molecular weight excluding hydrogens is 332 g/mol. The van der Waals surface area contributed by atoms with Crippen molar-refractivity contribution >= 4 is 29.1 Å². The fourth-order valence-corrected chi connectivity index (χ4v) is 2.30. The fourth-order valence-electron chi connectivity index (χ4n) is 2.30. The molecule has 0 radical (unpaired) electrons. The lowest BCUT2D eigenvalue weighted by atomic mass is 10.1. The Morgan fingerprint density at radius 1 is 0.962 bits per heavy atom. The minimum Gasteiger partial charge on any atom is -0.376 e. The zero-order chi connectivity index (χ0) is 19.1. The SMILES string of the molecule is CNC(=O)c1ccccc1NCC(=O)Nc1ccc(C(=O)N(C)C)cc1.